The number of phenols is 1. The largest absolute Gasteiger partial charge is 0.508 e. The summed E-state index contributed by atoms with van der Waals surface area (Å²) in [4.78, 5) is 40.7. The molecule has 1 unspecified atom stereocenters. The lowest BCUT2D eigenvalue weighted by Crippen LogP contribution is -2.65. The smallest absolute Gasteiger partial charge is 0.255 e. The second kappa shape index (κ2) is 8.80. The molecule has 10 nitrogen and oxygen atoms in total. The summed E-state index contributed by atoms with van der Waals surface area (Å²) in [5.41, 5.74) is 10.0. The van der Waals surface area contributed by atoms with Gasteiger partial charge in [0.05, 0.1) is 11.6 Å². The molecule has 2 aromatic rings. The number of ketones is 2. The van der Waals surface area contributed by atoms with E-state index in [1.54, 1.807) is 20.2 Å². The van der Waals surface area contributed by atoms with Gasteiger partial charge in [-0.25, -0.2) is 0 Å². The zero-order valence-corrected chi connectivity index (χ0v) is 20.9. The number of nitrogens with zero attached hydrogens (tertiary/aromatic N) is 1. The monoisotopic (exact) mass is 519 g/mol. The fourth-order valence-electron chi connectivity index (χ4n) is 6.40. The molecule has 4 atom stereocenters. The summed E-state index contributed by atoms with van der Waals surface area (Å²) in [6.45, 7) is -0.0386. The Kier molecular flexibility index (Phi) is 5.94. The third kappa shape index (κ3) is 3.34. The standard InChI is InChI=1S/C28H29N3O7/c1-31(2)21-17-10-13-8-16-15(12-6-4-3-5-7-12)9-14(11-29)22(32)19(16)23(33)18(13)25(35)28(17,38)26(36)20(24(21)34)27(30)37/h3-7,9,13,17,21,32-33,36,38H,8,10-11,29H2,1-2H3,(H2,30,37)/t13-,17-,21-,28?/m1/s1. The number of aliphatic hydroxyl groups excluding tert-OH is 2. The Morgan fingerprint density at radius 1 is 1.13 bits per heavy atom. The molecule has 38 heavy (non-hydrogen) atoms. The SMILES string of the molecule is CN(C)[C@H]1C(=O)C(C(N)=O)=C(O)C2(O)C(=O)C3=C(O)c4c(O)c(CN)cc(-c5ccccc5)c4C[C@@H]3C[C@H]12. The van der Waals surface area contributed by atoms with Gasteiger partial charge in [0.25, 0.3) is 5.91 Å². The molecule has 0 saturated heterocycles. The Labute approximate surface area is 218 Å². The van der Waals surface area contributed by atoms with Crippen LogP contribution in [-0.2, 0) is 27.3 Å². The lowest BCUT2D eigenvalue weighted by Gasteiger charge is -2.50. The second-order valence-electron chi connectivity index (χ2n) is 10.3. The molecule has 0 radical (unpaired) electrons. The van der Waals surface area contributed by atoms with Crippen LogP contribution < -0.4 is 11.5 Å². The van der Waals surface area contributed by atoms with Crippen molar-refractivity contribution in [3.8, 4) is 16.9 Å². The van der Waals surface area contributed by atoms with Crippen molar-refractivity contribution in [1.29, 1.82) is 0 Å². The number of rotatable bonds is 4. The first-order valence-electron chi connectivity index (χ1n) is 12.2. The first-order chi connectivity index (χ1) is 17.9. The summed E-state index contributed by atoms with van der Waals surface area (Å²) < 4.78 is 0. The number of aliphatic hydroxyl groups is 3. The fourth-order valence-corrected chi connectivity index (χ4v) is 6.40. The van der Waals surface area contributed by atoms with Crippen molar-refractivity contribution in [3.63, 3.8) is 0 Å². The van der Waals surface area contributed by atoms with Crippen molar-refractivity contribution in [3.05, 3.63) is 70.0 Å². The first-order valence-corrected chi connectivity index (χ1v) is 12.2. The van der Waals surface area contributed by atoms with Crippen molar-refractivity contribution < 1.29 is 34.8 Å². The molecule has 1 fully saturated rings. The van der Waals surface area contributed by atoms with Crippen LogP contribution in [-0.4, -0.2) is 68.5 Å². The number of primary amides is 1. The Bertz CT molecular complexity index is 1460. The molecule has 1 amide bonds. The van der Waals surface area contributed by atoms with E-state index in [-0.39, 0.29) is 36.3 Å². The molecule has 198 valence electrons. The number of hydrogen-bond acceptors (Lipinski definition) is 9. The van der Waals surface area contributed by atoms with E-state index < -0.39 is 58.0 Å². The van der Waals surface area contributed by atoms with Crippen molar-refractivity contribution in [2.75, 3.05) is 14.1 Å². The van der Waals surface area contributed by atoms with Crippen LogP contribution in [0.5, 0.6) is 5.75 Å². The minimum Gasteiger partial charge on any atom is -0.508 e. The molecule has 0 aromatic heterocycles. The van der Waals surface area contributed by atoms with Gasteiger partial charge in [-0.3, -0.25) is 19.3 Å². The number of nitrogens with two attached hydrogens (primary N) is 2. The molecule has 10 heteroatoms. The Hall–Kier alpha value is -3.99. The van der Waals surface area contributed by atoms with E-state index in [2.05, 4.69) is 0 Å². The van der Waals surface area contributed by atoms with E-state index in [9.17, 15) is 34.8 Å². The number of Topliss-reactive ketones (excluding diaryl/α,β-unsaturated/α-hetero) is 2. The minimum absolute atomic E-state index is 0.0272. The quantitative estimate of drug-likeness (QED) is 0.321. The van der Waals surface area contributed by atoms with Crippen LogP contribution in [0.3, 0.4) is 0 Å². The molecule has 1 saturated carbocycles. The number of aromatic hydroxyl groups is 1. The van der Waals surface area contributed by atoms with Gasteiger partial charge < -0.3 is 31.9 Å². The van der Waals surface area contributed by atoms with Gasteiger partial charge in [-0.05, 0) is 55.6 Å². The molecule has 3 aliphatic rings. The zero-order chi connectivity index (χ0) is 27.7. The van der Waals surface area contributed by atoms with Crippen molar-refractivity contribution in [1.82, 2.24) is 4.90 Å². The zero-order valence-electron chi connectivity index (χ0n) is 20.9. The lowest BCUT2D eigenvalue weighted by atomic mass is 9.57. The van der Waals surface area contributed by atoms with Gasteiger partial charge >= 0.3 is 0 Å². The molecule has 0 heterocycles. The molecule has 0 aliphatic heterocycles. The van der Waals surface area contributed by atoms with E-state index in [1.807, 2.05) is 30.3 Å². The van der Waals surface area contributed by atoms with Gasteiger partial charge in [-0.2, -0.15) is 0 Å². The highest BCUT2D eigenvalue weighted by atomic mass is 16.3. The topological polar surface area (TPSA) is 187 Å². The van der Waals surface area contributed by atoms with Gasteiger partial charge in [0.1, 0.15) is 22.8 Å². The first kappa shape index (κ1) is 25.7. The molecular formula is C28H29N3O7. The average Bonchev–Trinajstić information content (AvgIpc) is 2.86. The molecule has 0 bridgehead atoms. The van der Waals surface area contributed by atoms with Gasteiger partial charge in [0.15, 0.2) is 11.4 Å². The van der Waals surface area contributed by atoms with Crippen LogP contribution in [0.25, 0.3) is 16.9 Å². The molecule has 3 aliphatic carbocycles. The highest BCUT2D eigenvalue weighted by Gasteiger charge is 2.64. The summed E-state index contributed by atoms with van der Waals surface area (Å²) in [6.07, 6.45) is 0.233. The van der Waals surface area contributed by atoms with Crippen LogP contribution >= 0.6 is 0 Å². The van der Waals surface area contributed by atoms with Crippen molar-refractivity contribution >= 4 is 23.2 Å². The summed E-state index contributed by atoms with van der Waals surface area (Å²) in [7, 11) is 3.13. The maximum atomic E-state index is 14.0. The molecule has 0 spiro atoms. The van der Waals surface area contributed by atoms with Crippen LogP contribution in [0.15, 0.2) is 53.3 Å². The molecule has 8 N–H and O–H groups in total. The van der Waals surface area contributed by atoms with Gasteiger partial charge in [0, 0.05) is 23.6 Å². The van der Waals surface area contributed by atoms with E-state index in [0.29, 0.717) is 11.1 Å². The highest BCUT2D eigenvalue weighted by molar-refractivity contribution is 6.24. The van der Waals surface area contributed by atoms with Crippen LogP contribution in [0.2, 0.25) is 0 Å². The maximum Gasteiger partial charge on any atom is 0.255 e. The predicted octanol–water partition coefficient (Wildman–Crippen LogP) is 1.09. The number of fused-ring (bicyclic) bond motifs is 3. The molecular weight excluding hydrogens is 490 g/mol. The molecule has 5 rings (SSSR count). The fraction of sp³-hybridized carbons (Fsp3) is 0.321. The average molecular weight is 520 g/mol. The van der Waals surface area contributed by atoms with Crippen molar-refractivity contribution in [2.24, 2.45) is 23.3 Å². The molecule has 2 aromatic carbocycles. The summed E-state index contributed by atoms with van der Waals surface area (Å²) in [6, 6.07) is 9.95. The van der Waals surface area contributed by atoms with Gasteiger partial charge in [0.2, 0.25) is 5.78 Å². The number of carbonyl (C=O) groups is 3. The Morgan fingerprint density at radius 2 is 1.79 bits per heavy atom. The number of benzene rings is 2. The predicted molar refractivity (Wildman–Crippen MR) is 138 cm³/mol. The van der Waals surface area contributed by atoms with Crippen LogP contribution in [0.4, 0.5) is 0 Å². The van der Waals surface area contributed by atoms with Gasteiger partial charge in [-0.15, -0.1) is 0 Å². The number of likely N-dealkylation sites (N-methyl/N-ethyl adjacent to an activating group) is 1. The Balaban J connectivity index is 1.78. The third-order valence-electron chi connectivity index (χ3n) is 8.10. The number of carbonyl (C=O) groups excluding carboxylic acids is 3. The van der Waals surface area contributed by atoms with E-state index in [4.69, 9.17) is 11.5 Å². The van der Waals surface area contributed by atoms with E-state index in [0.717, 1.165) is 11.1 Å². The number of phenolic OH excluding ortho intramolecular Hbond substituents is 1. The Morgan fingerprint density at radius 3 is 2.37 bits per heavy atom. The van der Waals surface area contributed by atoms with Crippen LogP contribution in [0.1, 0.15) is 23.1 Å². The normalized spacial score (nSPS) is 26.8. The van der Waals surface area contributed by atoms with Gasteiger partial charge in [-0.1, -0.05) is 30.3 Å². The second-order valence-corrected chi connectivity index (χ2v) is 10.3. The maximum absolute atomic E-state index is 14.0. The number of amides is 1. The summed E-state index contributed by atoms with van der Waals surface area (Å²) in [5.74, 6) is -6.81. The summed E-state index contributed by atoms with van der Waals surface area (Å²) in [5, 5.41) is 45.2. The van der Waals surface area contributed by atoms with Crippen molar-refractivity contribution in [2.45, 2.75) is 31.0 Å². The lowest BCUT2D eigenvalue weighted by molar-refractivity contribution is -0.153. The minimum atomic E-state index is -2.67. The van der Waals surface area contributed by atoms with E-state index in [1.165, 1.54) is 4.90 Å². The number of hydrogen-bond donors (Lipinski definition) is 6. The third-order valence-corrected chi connectivity index (χ3v) is 8.10. The van der Waals surface area contributed by atoms with E-state index >= 15 is 0 Å². The van der Waals surface area contributed by atoms with Crippen LogP contribution in [0, 0.1) is 11.8 Å². The highest BCUT2D eigenvalue weighted by Crippen LogP contribution is 2.54. The summed E-state index contributed by atoms with van der Waals surface area (Å²) >= 11 is 0.